The molecule has 0 N–H and O–H groups in total. The van der Waals surface area contributed by atoms with Crippen molar-refractivity contribution in [2.24, 2.45) is 0 Å². The lowest BCUT2D eigenvalue weighted by atomic mass is 9.84. The quantitative estimate of drug-likeness (QED) is 0.161. The van der Waals surface area contributed by atoms with Crippen molar-refractivity contribution in [3.63, 3.8) is 0 Å². The predicted octanol–water partition coefficient (Wildman–Crippen LogP) is 14.6. The van der Waals surface area contributed by atoms with E-state index in [1.807, 2.05) is 0 Å². The molecule has 10 rings (SSSR count). The Hall–Kier alpha value is -6.76. The number of rotatable bonds is 5. The molecule has 0 aromatic heterocycles. The van der Waals surface area contributed by atoms with Crippen LogP contribution in [-0.4, -0.2) is 0 Å². The van der Waals surface area contributed by atoms with Crippen LogP contribution < -0.4 is 0 Å². The van der Waals surface area contributed by atoms with Gasteiger partial charge in [0.15, 0.2) is 0 Å². The predicted molar refractivity (Wildman–Crippen MR) is 224 cm³/mol. The van der Waals surface area contributed by atoms with Crippen molar-refractivity contribution in [1.29, 1.82) is 0 Å². The maximum absolute atomic E-state index is 2.39. The summed E-state index contributed by atoms with van der Waals surface area (Å²) in [5.41, 5.74) is 12.4. The van der Waals surface area contributed by atoms with E-state index >= 15 is 0 Å². The molecule has 52 heavy (non-hydrogen) atoms. The van der Waals surface area contributed by atoms with Gasteiger partial charge in [0, 0.05) is 0 Å². The summed E-state index contributed by atoms with van der Waals surface area (Å²) >= 11 is 0. The molecule has 0 unspecified atom stereocenters. The zero-order valence-corrected chi connectivity index (χ0v) is 28.6. The second-order valence-electron chi connectivity index (χ2n) is 13.7. The number of hydrogen-bond acceptors (Lipinski definition) is 0. The molecule has 242 valence electrons. The minimum absolute atomic E-state index is 1.21. The molecule has 0 atom stereocenters. The zero-order chi connectivity index (χ0) is 34.4. The van der Waals surface area contributed by atoms with Crippen LogP contribution in [0.1, 0.15) is 0 Å². The minimum Gasteiger partial charge on any atom is -0.0622 e. The van der Waals surface area contributed by atoms with Gasteiger partial charge in [0.1, 0.15) is 0 Å². The van der Waals surface area contributed by atoms with Crippen LogP contribution in [0.15, 0.2) is 206 Å². The molecule has 0 heteroatoms. The average molecular weight is 659 g/mol. The highest BCUT2D eigenvalue weighted by Gasteiger charge is 2.18. The Morgan fingerprint density at radius 3 is 1.23 bits per heavy atom. The fraction of sp³-hybridized carbons (Fsp3) is 0. The van der Waals surface area contributed by atoms with Gasteiger partial charge in [-0.05, 0) is 129 Å². The largest absolute Gasteiger partial charge is 0.0622 e. The monoisotopic (exact) mass is 658 g/mol. The molecular weight excluding hydrogens is 625 g/mol. The van der Waals surface area contributed by atoms with Crippen LogP contribution in [-0.2, 0) is 0 Å². The van der Waals surface area contributed by atoms with Gasteiger partial charge < -0.3 is 0 Å². The third-order valence-electron chi connectivity index (χ3n) is 10.6. The maximum Gasteiger partial charge on any atom is -0.00201 e. The zero-order valence-electron chi connectivity index (χ0n) is 28.6. The molecule has 10 aromatic rings. The summed E-state index contributed by atoms with van der Waals surface area (Å²) in [6.07, 6.45) is 0. The van der Waals surface area contributed by atoms with Gasteiger partial charge in [-0.2, -0.15) is 0 Å². The van der Waals surface area contributed by atoms with Crippen molar-refractivity contribution in [3.8, 4) is 55.6 Å². The summed E-state index contributed by atoms with van der Waals surface area (Å²) in [7, 11) is 0. The fourth-order valence-corrected chi connectivity index (χ4v) is 8.14. The normalized spacial score (nSPS) is 11.5. The van der Waals surface area contributed by atoms with Gasteiger partial charge >= 0.3 is 0 Å². The first-order valence-electron chi connectivity index (χ1n) is 18.0. The second kappa shape index (κ2) is 12.5. The van der Waals surface area contributed by atoms with E-state index in [-0.39, 0.29) is 0 Å². The number of benzene rings is 10. The average Bonchev–Trinajstić information content (AvgIpc) is 3.22. The van der Waals surface area contributed by atoms with E-state index in [9.17, 15) is 0 Å². The molecule has 0 spiro atoms. The van der Waals surface area contributed by atoms with E-state index < -0.39 is 0 Å². The molecule has 0 amide bonds. The molecule has 0 heterocycles. The third-order valence-corrected chi connectivity index (χ3v) is 10.6. The van der Waals surface area contributed by atoms with Crippen LogP contribution in [0.25, 0.3) is 98.7 Å². The van der Waals surface area contributed by atoms with E-state index in [1.165, 1.54) is 98.7 Å². The van der Waals surface area contributed by atoms with Crippen LogP contribution in [0, 0.1) is 0 Å². The van der Waals surface area contributed by atoms with E-state index in [0.29, 0.717) is 0 Å². The van der Waals surface area contributed by atoms with E-state index in [0.717, 1.165) is 0 Å². The SMILES string of the molecule is c1ccc(-c2cc(-c3ccccc3)cc(-c3ccc4ccc(-c5c6ccccc6c(-c6cccc7ccccc67)c6ccccc56)cc4c3)c2)cc1. The summed E-state index contributed by atoms with van der Waals surface area (Å²) in [5, 5.41) is 10.1. The van der Waals surface area contributed by atoms with Crippen LogP contribution in [0.4, 0.5) is 0 Å². The molecule has 0 saturated heterocycles. The van der Waals surface area contributed by atoms with Crippen molar-refractivity contribution in [2.75, 3.05) is 0 Å². The van der Waals surface area contributed by atoms with Gasteiger partial charge in [0.2, 0.25) is 0 Å². The van der Waals surface area contributed by atoms with Crippen molar-refractivity contribution in [2.45, 2.75) is 0 Å². The molecule has 0 radical (unpaired) electrons. The lowest BCUT2D eigenvalue weighted by molar-refractivity contribution is 1.57. The Morgan fingerprint density at radius 1 is 0.192 bits per heavy atom. The van der Waals surface area contributed by atoms with Crippen molar-refractivity contribution in [3.05, 3.63) is 206 Å². The van der Waals surface area contributed by atoms with Crippen LogP contribution >= 0.6 is 0 Å². The smallest absolute Gasteiger partial charge is 0.00201 e. The summed E-state index contributed by atoms with van der Waals surface area (Å²) in [6.45, 7) is 0. The molecule has 0 fully saturated rings. The molecule has 0 nitrogen and oxygen atoms in total. The lowest BCUT2D eigenvalue weighted by Gasteiger charge is -2.19. The maximum atomic E-state index is 2.39. The summed E-state index contributed by atoms with van der Waals surface area (Å²) in [6, 6.07) is 75.6. The Labute approximate surface area is 303 Å². The molecule has 0 aliphatic heterocycles. The summed E-state index contributed by atoms with van der Waals surface area (Å²) in [5.74, 6) is 0. The van der Waals surface area contributed by atoms with E-state index in [1.54, 1.807) is 0 Å². The van der Waals surface area contributed by atoms with E-state index in [2.05, 4.69) is 206 Å². The third kappa shape index (κ3) is 5.16. The fourth-order valence-electron chi connectivity index (χ4n) is 8.14. The lowest BCUT2D eigenvalue weighted by Crippen LogP contribution is -1.92. The van der Waals surface area contributed by atoms with E-state index in [4.69, 9.17) is 0 Å². The highest BCUT2D eigenvalue weighted by Crippen LogP contribution is 2.46. The van der Waals surface area contributed by atoms with Gasteiger partial charge in [0.25, 0.3) is 0 Å². The van der Waals surface area contributed by atoms with Crippen molar-refractivity contribution >= 4 is 43.1 Å². The number of hydrogen-bond donors (Lipinski definition) is 0. The molecule has 0 saturated carbocycles. The Morgan fingerprint density at radius 2 is 0.635 bits per heavy atom. The number of fused-ring (bicyclic) bond motifs is 4. The minimum atomic E-state index is 1.21. The van der Waals surface area contributed by atoms with Gasteiger partial charge in [-0.15, -0.1) is 0 Å². The van der Waals surface area contributed by atoms with Gasteiger partial charge in [-0.1, -0.05) is 176 Å². The molecule has 0 bridgehead atoms. The molecule has 10 aromatic carbocycles. The molecule has 0 aliphatic rings. The van der Waals surface area contributed by atoms with Crippen molar-refractivity contribution < 1.29 is 0 Å². The van der Waals surface area contributed by atoms with Gasteiger partial charge in [-0.3, -0.25) is 0 Å². The highest BCUT2D eigenvalue weighted by molar-refractivity contribution is 6.23. The highest BCUT2D eigenvalue weighted by atomic mass is 14.2. The standard InChI is InChI=1S/C52H34/c1-3-14-35(15-4-1)42-32-43(36-16-5-2-6-17-36)34-44(33-42)39-28-26-37-27-29-40(31-41(37)30-39)51-47-21-9-11-23-49(47)52(50-24-12-10-22-48(50)51)46-25-13-19-38-18-7-8-20-45(38)46/h1-34H. The van der Waals surface area contributed by atoms with Crippen molar-refractivity contribution in [1.82, 2.24) is 0 Å². The summed E-state index contributed by atoms with van der Waals surface area (Å²) in [4.78, 5) is 0. The summed E-state index contributed by atoms with van der Waals surface area (Å²) < 4.78 is 0. The van der Waals surface area contributed by atoms with Crippen LogP contribution in [0.5, 0.6) is 0 Å². The topological polar surface area (TPSA) is 0 Å². The Kier molecular flexibility index (Phi) is 7.25. The van der Waals surface area contributed by atoms with Gasteiger partial charge in [0.05, 0.1) is 0 Å². The first kappa shape index (κ1) is 30.1. The molecule has 0 aliphatic carbocycles. The van der Waals surface area contributed by atoms with Crippen LogP contribution in [0.2, 0.25) is 0 Å². The Balaban J connectivity index is 1.18. The molecular formula is C52H34. The van der Waals surface area contributed by atoms with Crippen LogP contribution in [0.3, 0.4) is 0 Å². The van der Waals surface area contributed by atoms with Gasteiger partial charge in [-0.25, -0.2) is 0 Å². The Bertz CT molecular complexity index is 2820. The second-order valence-corrected chi connectivity index (χ2v) is 13.7. The first-order valence-corrected chi connectivity index (χ1v) is 18.0. The first-order chi connectivity index (χ1) is 25.8.